The largest absolute Gasteiger partial charge is 0.497 e. The minimum atomic E-state index is 0.701. The molecule has 0 atom stereocenters. The number of benzene rings is 1. The summed E-state index contributed by atoms with van der Waals surface area (Å²) < 4.78 is 15.4. The van der Waals surface area contributed by atoms with Gasteiger partial charge in [-0.3, -0.25) is 0 Å². The summed E-state index contributed by atoms with van der Waals surface area (Å²) >= 11 is 0. The third kappa shape index (κ3) is 3.72. The van der Waals surface area contributed by atoms with Crippen LogP contribution >= 0.6 is 0 Å². The van der Waals surface area contributed by atoms with Crippen LogP contribution < -0.4 is 14.8 Å². The summed E-state index contributed by atoms with van der Waals surface area (Å²) in [7, 11) is 5.01. The van der Waals surface area contributed by atoms with E-state index >= 15 is 0 Å². The van der Waals surface area contributed by atoms with Gasteiger partial charge in [0.15, 0.2) is 0 Å². The Morgan fingerprint density at radius 3 is 2.56 bits per heavy atom. The van der Waals surface area contributed by atoms with Crippen molar-refractivity contribution in [2.75, 3.05) is 34.5 Å². The Hall–Kier alpha value is -1.26. The fourth-order valence-electron chi connectivity index (χ4n) is 1.42. The van der Waals surface area contributed by atoms with Crippen molar-refractivity contribution in [2.24, 2.45) is 0 Å². The van der Waals surface area contributed by atoms with E-state index in [1.807, 2.05) is 18.2 Å². The highest BCUT2D eigenvalue weighted by atomic mass is 16.5. The molecule has 4 heteroatoms. The molecule has 16 heavy (non-hydrogen) atoms. The molecule has 0 heterocycles. The van der Waals surface area contributed by atoms with Crippen LogP contribution in [0.4, 0.5) is 0 Å². The van der Waals surface area contributed by atoms with E-state index in [4.69, 9.17) is 14.2 Å². The van der Waals surface area contributed by atoms with Crippen LogP contribution in [0.3, 0.4) is 0 Å². The van der Waals surface area contributed by atoms with Crippen LogP contribution in [-0.4, -0.2) is 34.5 Å². The maximum absolute atomic E-state index is 5.28. The highest BCUT2D eigenvalue weighted by Gasteiger charge is 2.04. The minimum Gasteiger partial charge on any atom is -0.497 e. The highest BCUT2D eigenvalue weighted by Crippen LogP contribution is 2.23. The van der Waals surface area contributed by atoms with Gasteiger partial charge in [-0.2, -0.15) is 0 Å². The second kappa shape index (κ2) is 7.09. The molecule has 1 N–H and O–H groups in total. The predicted molar refractivity (Wildman–Crippen MR) is 63.1 cm³/mol. The van der Waals surface area contributed by atoms with E-state index in [0.717, 1.165) is 30.2 Å². The van der Waals surface area contributed by atoms with Gasteiger partial charge in [-0.25, -0.2) is 0 Å². The second-order valence-corrected chi connectivity index (χ2v) is 3.35. The summed E-state index contributed by atoms with van der Waals surface area (Å²) in [5, 5.41) is 3.27. The summed E-state index contributed by atoms with van der Waals surface area (Å²) in [6.45, 7) is 2.26. The lowest BCUT2D eigenvalue weighted by atomic mass is 10.2. The first-order valence-corrected chi connectivity index (χ1v) is 5.22. The van der Waals surface area contributed by atoms with E-state index in [2.05, 4.69) is 5.32 Å². The van der Waals surface area contributed by atoms with Gasteiger partial charge in [0.2, 0.25) is 0 Å². The first-order chi connectivity index (χ1) is 7.81. The van der Waals surface area contributed by atoms with Crippen molar-refractivity contribution in [3.05, 3.63) is 23.8 Å². The van der Waals surface area contributed by atoms with Crippen LogP contribution in [0.15, 0.2) is 18.2 Å². The zero-order valence-corrected chi connectivity index (χ0v) is 10.1. The summed E-state index contributed by atoms with van der Waals surface area (Å²) in [5.74, 6) is 1.70. The third-order valence-electron chi connectivity index (χ3n) is 2.29. The Labute approximate surface area is 96.5 Å². The maximum atomic E-state index is 5.28. The fourth-order valence-corrected chi connectivity index (χ4v) is 1.42. The van der Waals surface area contributed by atoms with Gasteiger partial charge in [0.1, 0.15) is 11.5 Å². The first kappa shape index (κ1) is 12.8. The van der Waals surface area contributed by atoms with Crippen molar-refractivity contribution >= 4 is 0 Å². The smallest absolute Gasteiger partial charge is 0.123 e. The van der Waals surface area contributed by atoms with Crippen LogP contribution in [0.1, 0.15) is 5.56 Å². The van der Waals surface area contributed by atoms with Crippen LogP contribution in [-0.2, 0) is 11.3 Å². The molecule has 0 saturated carbocycles. The molecule has 4 nitrogen and oxygen atoms in total. The van der Waals surface area contributed by atoms with E-state index in [1.54, 1.807) is 21.3 Å². The molecule has 0 saturated heterocycles. The summed E-state index contributed by atoms with van der Waals surface area (Å²) in [5.41, 5.74) is 1.08. The van der Waals surface area contributed by atoms with Crippen molar-refractivity contribution in [2.45, 2.75) is 6.54 Å². The SMILES string of the molecule is COCCNCc1cc(OC)ccc1OC. The van der Waals surface area contributed by atoms with Gasteiger partial charge in [-0.05, 0) is 18.2 Å². The molecule has 0 unspecified atom stereocenters. The molecule has 1 rings (SSSR count). The number of ether oxygens (including phenoxy) is 3. The van der Waals surface area contributed by atoms with Crippen LogP contribution in [0.5, 0.6) is 11.5 Å². The molecule has 90 valence electrons. The van der Waals surface area contributed by atoms with Crippen molar-refractivity contribution in [3.8, 4) is 11.5 Å². The van der Waals surface area contributed by atoms with Gasteiger partial charge in [-0.1, -0.05) is 0 Å². The molecule has 0 aliphatic carbocycles. The number of hydrogen-bond donors (Lipinski definition) is 1. The fraction of sp³-hybridized carbons (Fsp3) is 0.500. The number of hydrogen-bond acceptors (Lipinski definition) is 4. The van der Waals surface area contributed by atoms with Crippen LogP contribution in [0.25, 0.3) is 0 Å². The third-order valence-corrected chi connectivity index (χ3v) is 2.29. The van der Waals surface area contributed by atoms with Crippen LogP contribution in [0, 0.1) is 0 Å². The van der Waals surface area contributed by atoms with E-state index in [-0.39, 0.29) is 0 Å². The molecule has 0 aliphatic rings. The molecule has 0 radical (unpaired) electrons. The summed E-state index contributed by atoms with van der Waals surface area (Å²) in [6.07, 6.45) is 0. The van der Waals surface area contributed by atoms with Crippen molar-refractivity contribution in [1.29, 1.82) is 0 Å². The van der Waals surface area contributed by atoms with E-state index in [0.29, 0.717) is 6.61 Å². The lowest BCUT2D eigenvalue weighted by Gasteiger charge is -2.11. The van der Waals surface area contributed by atoms with Gasteiger partial charge in [0.05, 0.1) is 20.8 Å². The van der Waals surface area contributed by atoms with Crippen molar-refractivity contribution < 1.29 is 14.2 Å². The molecule has 1 aromatic carbocycles. The number of rotatable bonds is 7. The molecule has 0 spiro atoms. The second-order valence-electron chi connectivity index (χ2n) is 3.35. The number of methoxy groups -OCH3 is 3. The molecular weight excluding hydrogens is 206 g/mol. The Bertz CT molecular complexity index is 315. The topological polar surface area (TPSA) is 39.7 Å². The van der Waals surface area contributed by atoms with E-state index in [9.17, 15) is 0 Å². The lowest BCUT2D eigenvalue weighted by molar-refractivity contribution is 0.199. The van der Waals surface area contributed by atoms with Gasteiger partial charge in [0.25, 0.3) is 0 Å². The molecule has 0 aromatic heterocycles. The predicted octanol–water partition coefficient (Wildman–Crippen LogP) is 1.44. The van der Waals surface area contributed by atoms with Gasteiger partial charge in [-0.15, -0.1) is 0 Å². The molecule has 1 aromatic rings. The van der Waals surface area contributed by atoms with E-state index < -0.39 is 0 Å². The average Bonchev–Trinajstić information content (AvgIpc) is 2.34. The lowest BCUT2D eigenvalue weighted by Crippen LogP contribution is -2.18. The molecule has 0 bridgehead atoms. The monoisotopic (exact) mass is 225 g/mol. The van der Waals surface area contributed by atoms with Crippen molar-refractivity contribution in [1.82, 2.24) is 5.32 Å². The molecule has 0 fully saturated rings. The molecule has 0 amide bonds. The average molecular weight is 225 g/mol. The Balaban J connectivity index is 2.60. The molecular formula is C12H19NO3. The maximum Gasteiger partial charge on any atom is 0.123 e. The highest BCUT2D eigenvalue weighted by molar-refractivity contribution is 5.40. The Kier molecular flexibility index (Phi) is 5.67. The van der Waals surface area contributed by atoms with Crippen LogP contribution in [0.2, 0.25) is 0 Å². The van der Waals surface area contributed by atoms with Gasteiger partial charge < -0.3 is 19.5 Å². The first-order valence-electron chi connectivity index (χ1n) is 5.22. The van der Waals surface area contributed by atoms with E-state index in [1.165, 1.54) is 0 Å². The van der Waals surface area contributed by atoms with Crippen molar-refractivity contribution in [3.63, 3.8) is 0 Å². The normalized spacial score (nSPS) is 10.2. The quantitative estimate of drug-likeness (QED) is 0.713. The minimum absolute atomic E-state index is 0.701. The Morgan fingerprint density at radius 1 is 1.12 bits per heavy atom. The zero-order chi connectivity index (χ0) is 11.8. The number of nitrogens with one attached hydrogen (secondary N) is 1. The van der Waals surface area contributed by atoms with Gasteiger partial charge >= 0.3 is 0 Å². The van der Waals surface area contributed by atoms with Gasteiger partial charge in [0, 0.05) is 25.8 Å². The summed E-state index contributed by atoms with van der Waals surface area (Å²) in [6, 6.07) is 5.77. The standard InChI is InChI=1S/C12H19NO3/c1-14-7-6-13-9-10-8-11(15-2)4-5-12(10)16-3/h4-5,8,13H,6-7,9H2,1-3H3. The zero-order valence-electron chi connectivity index (χ0n) is 10.1. The summed E-state index contributed by atoms with van der Waals surface area (Å²) in [4.78, 5) is 0. The molecule has 0 aliphatic heterocycles. The Morgan fingerprint density at radius 2 is 1.94 bits per heavy atom.